The van der Waals surface area contributed by atoms with E-state index in [1.165, 1.54) is 10.6 Å². The number of nitrogens with zero attached hydrogens (tertiary/aromatic N) is 1. The van der Waals surface area contributed by atoms with E-state index >= 15 is 0 Å². The number of hydrogen-bond acceptors (Lipinski definition) is 2. The molecule has 6 heteroatoms. The smallest absolute Gasteiger partial charge is 0.408 e. The molecule has 0 atom stereocenters. The summed E-state index contributed by atoms with van der Waals surface area (Å²) >= 11 is 17.3. The summed E-state index contributed by atoms with van der Waals surface area (Å²) in [5.74, 6) is 0.0684. The fourth-order valence-electron chi connectivity index (χ4n) is 1.49. The Kier molecular flexibility index (Phi) is 3.47. The van der Waals surface area contributed by atoms with Crippen LogP contribution in [0.3, 0.4) is 0 Å². The van der Waals surface area contributed by atoms with Gasteiger partial charge in [-0.1, -0.05) is 23.2 Å². The lowest BCUT2D eigenvalue weighted by Crippen LogP contribution is -2.14. The molecule has 0 bridgehead atoms. The van der Waals surface area contributed by atoms with E-state index < -0.39 is 5.76 Å². The predicted molar refractivity (Wildman–Crippen MR) is 65.8 cm³/mol. The first kappa shape index (κ1) is 11.8. The van der Waals surface area contributed by atoms with Crippen LogP contribution in [0.25, 0.3) is 11.1 Å². The standard InChI is InChI=1S/C10H8Cl3NO2/c11-2-1-3-14-8-4-6(12)7(13)5-9(8)16-10(14)15/h4-5H,1-3H2. The molecular formula is C10H8Cl3NO2. The fourth-order valence-corrected chi connectivity index (χ4v) is 1.92. The molecule has 86 valence electrons. The SMILES string of the molecule is O=c1oc2cc(Cl)c(Cl)cc2n1CCCCl. The van der Waals surface area contributed by atoms with Gasteiger partial charge >= 0.3 is 5.76 Å². The lowest BCUT2D eigenvalue weighted by molar-refractivity contribution is 0.503. The summed E-state index contributed by atoms with van der Waals surface area (Å²) in [6.45, 7) is 0.507. The second-order valence-electron chi connectivity index (χ2n) is 3.30. The second kappa shape index (κ2) is 4.70. The van der Waals surface area contributed by atoms with Crippen LogP contribution in [0.15, 0.2) is 21.3 Å². The van der Waals surface area contributed by atoms with Crippen LogP contribution < -0.4 is 5.76 Å². The van der Waals surface area contributed by atoms with Crippen molar-refractivity contribution in [2.75, 3.05) is 5.88 Å². The van der Waals surface area contributed by atoms with Crippen molar-refractivity contribution in [1.29, 1.82) is 0 Å². The lowest BCUT2D eigenvalue weighted by Gasteiger charge is -2.00. The Morgan fingerprint density at radius 2 is 1.94 bits per heavy atom. The van der Waals surface area contributed by atoms with Gasteiger partial charge < -0.3 is 4.42 Å². The molecule has 0 unspecified atom stereocenters. The summed E-state index contributed by atoms with van der Waals surface area (Å²) in [7, 11) is 0. The molecule has 0 saturated carbocycles. The third-order valence-corrected chi connectivity index (χ3v) is 3.22. The molecule has 0 aliphatic heterocycles. The van der Waals surface area contributed by atoms with Gasteiger partial charge in [0.15, 0.2) is 5.58 Å². The number of aryl methyl sites for hydroxylation is 1. The maximum Gasteiger partial charge on any atom is 0.419 e. The Hall–Kier alpha value is -0.640. The minimum Gasteiger partial charge on any atom is -0.408 e. The van der Waals surface area contributed by atoms with E-state index in [2.05, 4.69) is 0 Å². The van der Waals surface area contributed by atoms with Crippen LogP contribution in [-0.4, -0.2) is 10.4 Å². The topological polar surface area (TPSA) is 35.1 Å². The van der Waals surface area contributed by atoms with Crippen molar-refractivity contribution in [2.24, 2.45) is 0 Å². The van der Waals surface area contributed by atoms with Gasteiger partial charge in [-0.15, -0.1) is 11.6 Å². The normalized spacial score (nSPS) is 11.2. The van der Waals surface area contributed by atoms with Gasteiger partial charge in [0.1, 0.15) is 0 Å². The number of benzene rings is 1. The number of aromatic nitrogens is 1. The van der Waals surface area contributed by atoms with Gasteiger partial charge in [-0.05, 0) is 12.5 Å². The average Bonchev–Trinajstić information content (AvgIpc) is 2.52. The van der Waals surface area contributed by atoms with E-state index in [1.54, 1.807) is 6.07 Å². The number of fused-ring (bicyclic) bond motifs is 1. The van der Waals surface area contributed by atoms with Gasteiger partial charge in [-0.2, -0.15) is 0 Å². The van der Waals surface area contributed by atoms with Crippen LogP contribution in [0.5, 0.6) is 0 Å². The van der Waals surface area contributed by atoms with Crippen molar-refractivity contribution >= 4 is 45.9 Å². The van der Waals surface area contributed by atoms with Gasteiger partial charge in [0.05, 0.1) is 15.6 Å². The van der Waals surface area contributed by atoms with Gasteiger partial charge in [0.25, 0.3) is 0 Å². The van der Waals surface area contributed by atoms with Crippen molar-refractivity contribution in [2.45, 2.75) is 13.0 Å². The Morgan fingerprint density at radius 3 is 2.62 bits per heavy atom. The highest BCUT2D eigenvalue weighted by Gasteiger charge is 2.11. The van der Waals surface area contributed by atoms with Gasteiger partial charge in [0.2, 0.25) is 0 Å². The average molecular weight is 281 g/mol. The molecule has 0 N–H and O–H groups in total. The minimum absolute atomic E-state index is 0.368. The third kappa shape index (κ3) is 2.08. The molecule has 2 rings (SSSR count). The molecule has 2 aromatic rings. The molecular weight excluding hydrogens is 272 g/mol. The lowest BCUT2D eigenvalue weighted by atomic mass is 10.3. The second-order valence-corrected chi connectivity index (χ2v) is 4.49. The zero-order valence-electron chi connectivity index (χ0n) is 8.17. The van der Waals surface area contributed by atoms with Crippen molar-refractivity contribution < 1.29 is 4.42 Å². The first-order chi connectivity index (χ1) is 7.63. The molecule has 16 heavy (non-hydrogen) atoms. The summed E-state index contributed by atoms with van der Waals surface area (Å²) in [5.41, 5.74) is 1.08. The molecule has 0 fully saturated rings. The molecule has 3 nitrogen and oxygen atoms in total. The minimum atomic E-state index is -0.418. The van der Waals surface area contributed by atoms with Crippen molar-refractivity contribution in [3.05, 3.63) is 32.7 Å². The highest BCUT2D eigenvalue weighted by molar-refractivity contribution is 6.42. The van der Waals surface area contributed by atoms with E-state index in [0.29, 0.717) is 40.0 Å². The largest absolute Gasteiger partial charge is 0.419 e. The van der Waals surface area contributed by atoms with Crippen LogP contribution in [0, 0.1) is 0 Å². The molecule has 0 spiro atoms. The molecule has 1 heterocycles. The van der Waals surface area contributed by atoms with E-state index in [1.807, 2.05) is 0 Å². The zero-order valence-corrected chi connectivity index (χ0v) is 10.4. The Morgan fingerprint density at radius 1 is 1.25 bits per heavy atom. The first-order valence-corrected chi connectivity index (χ1v) is 5.97. The van der Waals surface area contributed by atoms with Crippen molar-refractivity contribution in [3.8, 4) is 0 Å². The summed E-state index contributed by atoms with van der Waals surface area (Å²) in [6.07, 6.45) is 0.691. The number of hydrogen-bond donors (Lipinski definition) is 0. The zero-order chi connectivity index (χ0) is 11.7. The number of oxazole rings is 1. The van der Waals surface area contributed by atoms with Crippen LogP contribution in [0.1, 0.15) is 6.42 Å². The van der Waals surface area contributed by atoms with Gasteiger partial charge in [0, 0.05) is 18.5 Å². The third-order valence-electron chi connectivity index (χ3n) is 2.23. The number of halogens is 3. The van der Waals surface area contributed by atoms with Crippen LogP contribution in [0.2, 0.25) is 10.0 Å². The van der Waals surface area contributed by atoms with Gasteiger partial charge in [-0.3, -0.25) is 4.57 Å². The van der Waals surface area contributed by atoms with Crippen LogP contribution in [0.4, 0.5) is 0 Å². The van der Waals surface area contributed by atoms with E-state index in [0.717, 1.165) is 0 Å². The predicted octanol–water partition coefficient (Wildman–Crippen LogP) is 3.53. The van der Waals surface area contributed by atoms with Crippen molar-refractivity contribution in [3.63, 3.8) is 0 Å². The molecule has 0 radical (unpaired) electrons. The maximum absolute atomic E-state index is 11.5. The highest BCUT2D eigenvalue weighted by atomic mass is 35.5. The molecule has 0 aliphatic carbocycles. The summed E-state index contributed by atoms with van der Waals surface area (Å²) < 4.78 is 6.55. The van der Waals surface area contributed by atoms with Crippen LogP contribution in [-0.2, 0) is 6.54 Å². The molecule has 1 aromatic heterocycles. The first-order valence-electron chi connectivity index (χ1n) is 4.68. The van der Waals surface area contributed by atoms with E-state index in [-0.39, 0.29) is 0 Å². The monoisotopic (exact) mass is 279 g/mol. The Bertz CT molecular complexity index is 573. The van der Waals surface area contributed by atoms with E-state index in [4.69, 9.17) is 39.2 Å². The molecule has 0 amide bonds. The maximum atomic E-state index is 11.5. The number of alkyl halides is 1. The Labute approximate surface area is 107 Å². The summed E-state index contributed by atoms with van der Waals surface area (Å²) in [6, 6.07) is 3.16. The molecule has 1 aromatic carbocycles. The van der Waals surface area contributed by atoms with E-state index in [9.17, 15) is 4.79 Å². The van der Waals surface area contributed by atoms with Crippen molar-refractivity contribution in [1.82, 2.24) is 4.57 Å². The molecule has 0 saturated heterocycles. The van der Waals surface area contributed by atoms with Crippen LogP contribution >= 0.6 is 34.8 Å². The quantitative estimate of drug-likeness (QED) is 0.806. The summed E-state index contributed by atoms with van der Waals surface area (Å²) in [4.78, 5) is 11.5. The highest BCUT2D eigenvalue weighted by Crippen LogP contribution is 2.27. The number of rotatable bonds is 3. The fraction of sp³-hybridized carbons (Fsp3) is 0.300. The Balaban J connectivity index is 2.60. The van der Waals surface area contributed by atoms with Gasteiger partial charge in [-0.25, -0.2) is 4.79 Å². The summed E-state index contributed by atoms with van der Waals surface area (Å²) in [5, 5.41) is 0.766. The molecule has 0 aliphatic rings.